The summed E-state index contributed by atoms with van der Waals surface area (Å²) < 4.78 is 0. The molecule has 0 aliphatic carbocycles. The van der Waals surface area contributed by atoms with E-state index < -0.39 is 5.60 Å². The molecule has 0 saturated carbocycles. The number of carbonyl (C=O) groups is 1. The van der Waals surface area contributed by atoms with Gasteiger partial charge in [0.15, 0.2) is 0 Å². The predicted octanol–water partition coefficient (Wildman–Crippen LogP) is 1.91. The first kappa shape index (κ1) is 16.4. The van der Waals surface area contributed by atoms with Crippen LogP contribution in [0.25, 0.3) is 0 Å². The third-order valence-corrected chi connectivity index (χ3v) is 4.07. The Balaban J connectivity index is 2.37. The molecule has 1 amide bonds. The Morgan fingerprint density at radius 1 is 1.42 bits per heavy atom. The van der Waals surface area contributed by atoms with Gasteiger partial charge in [-0.25, -0.2) is 0 Å². The second kappa shape index (κ2) is 7.85. The van der Waals surface area contributed by atoms with Crippen LogP contribution < -0.4 is 5.73 Å². The van der Waals surface area contributed by atoms with Gasteiger partial charge in [-0.3, -0.25) is 4.79 Å². The lowest BCUT2D eigenvalue weighted by Crippen LogP contribution is -2.48. The Morgan fingerprint density at radius 3 is 2.74 bits per heavy atom. The highest BCUT2D eigenvalue weighted by Gasteiger charge is 2.30. The van der Waals surface area contributed by atoms with Gasteiger partial charge in [0.2, 0.25) is 5.91 Å². The van der Waals surface area contributed by atoms with Gasteiger partial charge in [0.1, 0.15) is 0 Å². The minimum absolute atomic E-state index is 0.193. The molecule has 1 aliphatic rings. The van der Waals surface area contributed by atoms with Crippen LogP contribution in [0.2, 0.25) is 0 Å². The number of hydrogen-bond donors (Lipinski definition) is 2. The number of piperidine rings is 1. The summed E-state index contributed by atoms with van der Waals surface area (Å²) in [6.45, 7) is 5.98. The first-order valence-corrected chi connectivity index (χ1v) is 7.68. The van der Waals surface area contributed by atoms with Crippen molar-refractivity contribution in [3.63, 3.8) is 0 Å². The van der Waals surface area contributed by atoms with E-state index in [1.54, 1.807) is 0 Å². The molecule has 0 radical (unpaired) electrons. The van der Waals surface area contributed by atoms with Crippen LogP contribution in [-0.2, 0) is 4.79 Å². The van der Waals surface area contributed by atoms with E-state index in [-0.39, 0.29) is 5.91 Å². The zero-order chi connectivity index (χ0) is 14.3. The number of nitrogens with two attached hydrogens (primary N) is 1. The molecule has 112 valence electrons. The molecule has 0 spiro atoms. The fourth-order valence-electron chi connectivity index (χ4n) is 3.00. The van der Waals surface area contributed by atoms with Crippen molar-refractivity contribution in [2.24, 2.45) is 11.7 Å². The predicted molar refractivity (Wildman–Crippen MR) is 77.7 cm³/mol. The molecule has 2 unspecified atom stereocenters. The van der Waals surface area contributed by atoms with E-state index in [0.717, 1.165) is 45.1 Å². The number of hydrogen-bond acceptors (Lipinski definition) is 3. The Bertz CT molecular complexity index is 273. The van der Waals surface area contributed by atoms with Crippen LogP contribution in [0.15, 0.2) is 0 Å². The molecule has 0 aromatic rings. The summed E-state index contributed by atoms with van der Waals surface area (Å²) >= 11 is 0. The first-order valence-electron chi connectivity index (χ1n) is 7.68. The monoisotopic (exact) mass is 270 g/mol. The van der Waals surface area contributed by atoms with Crippen molar-refractivity contribution in [3.05, 3.63) is 0 Å². The first-order chi connectivity index (χ1) is 8.98. The SMILES string of the molecule is CCCC(CCN)CCC(=O)N1CCCC(C)(O)C1. The lowest BCUT2D eigenvalue weighted by molar-refractivity contribution is -0.137. The number of amides is 1. The quantitative estimate of drug-likeness (QED) is 0.742. The molecule has 1 aliphatic heterocycles. The van der Waals surface area contributed by atoms with Gasteiger partial charge < -0.3 is 15.7 Å². The van der Waals surface area contributed by atoms with Gasteiger partial charge in [-0.1, -0.05) is 19.8 Å². The Labute approximate surface area is 117 Å². The summed E-state index contributed by atoms with van der Waals surface area (Å²) in [5.74, 6) is 0.766. The molecule has 19 heavy (non-hydrogen) atoms. The lowest BCUT2D eigenvalue weighted by atomic mass is 9.92. The summed E-state index contributed by atoms with van der Waals surface area (Å²) in [6, 6.07) is 0. The number of β-amino-alcohol motifs (C(OH)–C–C–N with tert-alkyl or cyclic N) is 1. The minimum Gasteiger partial charge on any atom is -0.388 e. The zero-order valence-electron chi connectivity index (χ0n) is 12.5. The lowest BCUT2D eigenvalue weighted by Gasteiger charge is -2.37. The number of likely N-dealkylation sites (tertiary alicyclic amines) is 1. The maximum absolute atomic E-state index is 12.2. The third-order valence-electron chi connectivity index (χ3n) is 4.07. The molecule has 0 bridgehead atoms. The summed E-state index contributed by atoms with van der Waals surface area (Å²) in [7, 11) is 0. The van der Waals surface area contributed by atoms with Crippen LogP contribution in [-0.4, -0.2) is 41.1 Å². The molecule has 4 nitrogen and oxygen atoms in total. The Kier molecular flexibility index (Phi) is 6.80. The Hall–Kier alpha value is -0.610. The van der Waals surface area contributed by atoms with E-state index in [9.17, 15) is 9.90 Å². The van der Waals surface area contributed by atoms with Gasteiger partial charge in [0, 0.05) is 19.5 Å². The molecule has 1 heterocycles. The average Bonchev–Trinajstić information content (AvgIpc) is 2.35. The third kappa shape index (κ3) is 5.91. The van der Waals surface area contributed by atoms with Gasteiger partial charge in [-0.2, -0.15) is 0 Å². The molecule has 2 atom stereocenters. The van der Waals surface area contributed by atoms with Crippen molar-refractivity contribution < 1.29 is 9.90 Å². The summed E-state index contributed by atoms with van der Waals surface area (Å²) in [4.78, 5) is 14.0. The highest BCUT2D eigenvalue weighted by Crippen LogP contribution is 2.22. The van der Waals surface area contributed by atoms with Crippen molar-refractivity contribution in [1.29, 1.82) is 0 Å². The second-order valence-electron chi connectivity index (χ2n) is 6.19. The molecule has 3 N–H and O–H groups in total. The van der Waals surface area contributed by atoms with Crippen molar-refractivity contribution in [2.75, 3.05) is 19.6 Å². The van der Waals surface area contributed by atoms with Crippen LogP contribution in [0.3, 0.4) is 0 Å². The average molecular weight is 270 g/mol. The molecule has 0 aromatic heterocycles. The van der Waals surface area contributed by atoms with E-state index in [4.69, 9.17) is 5.73 Å². The van der Waals surface area contributed by atoms with Crippen molar-refractivity contribution in [1.82, 2.24) is 4.90 Å². The van der Waals surface area contributed by atoms with Gasteiger partial charge >= 0.3 is 0 Å². The van der Waals surface area contributed by atoms with Gasteiger partial charge in [0.05, 0.1) is 5.60 Å². The molecule has 1 fully saturated rings. The zero-order valence-corrected chi connectivity index (χ0v) is 12.5. The maximum Gasteiger partial charge on any atom is 0.222 e. The summed E-state index contributed by atoms with van der Waals surface area (Å²) in [5.41, 5.74) is 4.92. The number of nitrogens with zero attached hydrogens (tertiary/aromatic N) is 1. The molecule has 1 saturated heterocycles. The second-order valence-corrected chi connectivity index (χ2v) is 6.19. The van der Waals surface area contributed by atoms with Gasteiger partial charge in [0.25, 0.3) is 0 Å². The van der Waals surface area contributed by atoms with Crippen LogP contribution >= 0.6 is 0 Å². The highest BCUT2D eigenvalue weighted by atomic mass is 16.3. The van der Waals surface area contributed by atoms with Crippen LogP contribution in [0.5, 0.6) is 0 Å². The fraction of sp³-hybridized carbons (Fsp3) is 0.933. The topological polar surface area (TPSA) is 66.6 Å². The van der Waals surface area contributed by atoms with Crippen LogP contribution in [0.4, 0.5) is 0 Å². The van der Waals surface area contributed by atoms with Crippen molar-refractivity contribution >= 4 is 5.91 Å². The fourth-order valence-corrected chi connectivity index (χ4v) is 3.00. The molecule has 1 rings (SSSR count). The smallest absolute Gasteiger partial charge is 0.222 e. The van der Waals surface area contributed by atoms with Gasteiger partial charge in [-0.15, -0.1) is 0 Å². The maximum atomic E-state index is 12.2. The summed E-state index contributed by atoms with van der Waals surface area (Å²) in [5, 5.41) is 10.0. The van der Waals surface area contributed by atoms with Crippen LogP contribution in [0.1, 0.15) is 58.8 Å². The normalized spacial score (nSPS) is 25.4. The standard InChI is InChI=1S/C15H30N2O2/c1-3-5-13(8-10-16)6-7-14(18)17-11-4-9-15(2,19)12-17/h13,19H,3-12,16H2,1-2H3. The van der Waals surface area contributed by atoms with E-state index in [2.05, 4.69) is 6.92 Å². The Morgan fingerprint density at radius 2 is 2.16 bits per heavy atom. The number of aliphatic hydroxyl groups is 1. The van der Waals surface area contributed by atoms with Gasteiger partial charge in [-0.05, 0) is 45.1 Å². The van der Waals surface area contributed by atoms with Crippen molar-refractivity contribution in [3.8, 4) is 0 Å². The summed E-state index contributed by atoms with van der Waals surface area (Å²) in [6.07, 6.45) is 6.55. The minimum atomic E-state index is -0.700. The van der Waals surface area contributed by atoms with E-state index >= 15 is 0 Å². The molecule has 4 heteroatoms. The molecular formula is C15H30N2O2. The molecule has 0 aromatic carbocycles. The van der Waals surface area contributed by atoms with E-state index in [1.165, 1.54) is 0 Å². The highest BCUT2D eigenvalue weighted by molar-refractivity contribution is 5.76. The number of rotatable bonds is 7. The molecular weight excluding hydrogens is 240 g/mol. The largest absolute Gasteiger partial charge is 0.388 e. The van der Waals surface area contributed by atoms with Crippen molar-refractivity contribution in [2.45, 2.75) is 64.4 Å². The van der Waals surface area contributed by atoms with E-state index in [0.29, 0.717) is 25.4 Å². The van der Waals surface area contributed by atoms with E-state index in [1.807, 2.05) is 11.8 Å². The van der Waals surface area contributed by atoms with Crippen LogP contribution in [0, 0.1) is 5.92 Å². The number of carbonyl (C=O) groups excluding carboxylic acids is 1.